The molecule has 0 aromatic heterocycles. The lowest BCUT2D eigenvalue weighted by atomic mass is 9.43. The van der Waals surface area contributed by atoms with E-state index in [0.717, 1.165) is 37.7 Å². The van der Waals surface area contributed by atoms with Gasteiger partial charge in [0.25, 0.3) is 0 Å². The van der Waals surface area contributed by atoms with Gasteiger partial charge in [0.1, 0.15) is 0 Å². The molecule has 1 aromatic rings. The molecule has 0 bridgehead atoms. The van der Waals surface area contributed by atoms with E-state index in [9.17, 15) is 23.4 Å². The first kappa shape index (κ1) is 30.0. The molecule has 40 heavy (non-hydrogen) atoms. The molecule has 4 aliphatic carbocycles. The Morgan fingerprint density at radius 1 is 1.02 bits per heavy atom. The lowest BCUT2D eigenvalue weighted by Crippen LogP contribution is -2.58. The van der Waals surface area contributed by atoms with E-state index in [1.807, 2.05) is 0 Å². The molecule has 4 aliphatic rings. The van der Waals surface area contributed by atoms with Gasteiger partial charge in [0, 0.05) is 13.0 Å². The number of rotatable bonds is 8. The number of benzene rings is 1. The normalized spacial score (nSPS) is 40.0. The molecule has 8 heteroatoms. The van der Waals surface area contributed by atoms with Crippen molar-refractivity contribution in [2.45, 2.75) is 109 Å². The average Bonchev–Trinajstić information content (AvgIpc) is 3.25. The highest BCUT2D eigenvalue weighted by Gasteiger charge is 2.62. The smallest absolute Gasteiger partial charge is 0.238 e. The Hall–Kier alpha value is -1.48. The van der Waals surface area contributed by atoms with Crippen LogP contribution < -0.4 is 10.5 Å². The summed E-state index contributed by atoms with van der Waals surface area (Å²) in [5.74, 6) is 3.02. The van der Waals surface area contributed by atoms with Crippen molar-refractivity contribution >= 4 is 15.9 Å². The fourth-order valence-corrected chi connectivity index (χ4v) is 10.5. The average molecular weight is 575 g/mol. The van der Waals surface area contributed by atoms with Crippen LogP contribution in [0.15, 0.2) is 29.2 Å². The molecule has 1 amide bonds. The van der Waals surface area contributed by atoms with Gasteiger partial charge in [0.15, 0.2) is 0 Å². The van der Waals surface area contributed by atoms with Crippen LogP contribution >= 0.6 is 0 Å². The molecule has 0 aliphatic heterocycles. The van der Waals surface area contributed by atoms with Crippen molar-refractivity contribution < 1.29 is 23.4 Å². The van der Waals surface area contributed by atoms with E-state index in [0.29, 0.717) is 54.9 Å². The van der Waals surface area contributed by atoms with E-state index < -0.39 is 10.0 Å². The van der Waals surface area contributed by atoms with Crippen molar-refractivity contribution in [3.05, 3.63) is 29.8 Å². The van der Waals surface area contributed by atoms with Gasteiger partial charge in [-0.2, -0.15) is 0 Å². The number of hydrogen-bond donors (Lipinski definition) is 4. The Kier molecular flexibility index (Phi) is 8.48. The number of sulfonamides is 1. The van der Waals surface area contributed by atoms with E-state index in [1.54, 1.807) is 12.1 Å². The van der Waals surface area contributed by atoms with Crippen LogP contribution in [0.3, 0.4) is 0 Å². The Balaban J connectivity index is 1.13. The van der Waals surface area contributed by atoms with Gasteiger partial charge in [0.2, 0.25) is 15.9 Å². The summed E-state index contributed by atoms with van der Waals surface area (Å²) >= 11 is 0. The number of amides is 1. The summed E-state index contributed by atoms with van der Waals surface area (Å²) < 4.78 is 22.8. The zero-order chi connectivity index (χ0) is 28.9. The van der Waals surface area contributed by atoms with E-state index in [4.69, 9.17) is 5.14 Å². The van der Waals surface area contributed by atoms with E-state index in [2.05, 4.69) is 26.1 Å². The largest absolute Gasteiger partial charge is 0.393 e. The molecule has 4 saturated carbocycles. The van der Waals surface area contributed by atoms with Crippen molar-refractivity contribution in [1.29, 1.82) is 0 Å². The molecule has 10 atom stereocenters. The maximum absolute atomic E-state index is 12.7. The van der Waals surface area contributed by atoms with Crippen molar-refractivity contribution in [2.75, 3.05) is 6.54 Å². The van der Waals surface area contributed by atoms with Crippen molar-refractivity contribution in [1.82, 2.24) is 5.32 Å². The number of carbonyl (C=O) groups is 1. The minimum absolute atomic E-state index is 0.0672. The third kappa shape index (κ3) is 5.62. The predicted molar refractivity (Wildman–Crippen MR) is 156 cm³/mol. The predicted octanol–water partition coefficient (Wildman–Crippen LogP) is 4.40. The number of primary sulfonamides is 1. The Labute approximate surface area is 240 Å². The third-order valence-corrected chi connectivity index (χ3v) is 13.2. The van der Waals surface area contributed by atoms with E-state index >= 15 is 0 Å². The number of carbonyl (C=O) groups excluding carboxylic acids is 1. The lowest BCUT2D eigenvalue weighted by Gasteiger charge is -2.62. The van der Waals surface area contributed by atoms with Gasteiger partial charge in [-0.1, -0.05) is 32.9 Å². The summed E-state index contributed by atoms with van der Waals surface area (Å²) in [6.07, 6.45) is 10.0. The molecule has 4 fully saturated rings. The van der Waals surface area contributed by atoms with Crippen LogP contribution in [-0.2, 0) is 21.2 Å². The quantitative estimate of drug-likeness (QED) is 0.366. The molecule has 0 radical (unpaired) electrons. The summed E-state index contributed by atoms with van der Waals surface area (Å²) in [6, 6.07) is 6.48. The minimum atomic E-state index is -3.70. The SMILES string of the molecule is C[C@H](CCC(=O)NCCc1ccc(S(N)(=O)=O)cc1)[C@H]1CC[C@H]2[C@@H]3[C@H](O)C[C@@H]4C[C@H](O)CC[C@]4(C)[C@H]3CC[C@]12C. The highest BCUT2D eigenvalue weighted by atomic mass is 32.2. The molecule has 0 heterocycles. The van der Waals surface area contributed by atoms with Gasteiger partial charge < -0.3 is 15.5 Å². The highest BCUT2D eigenvalue weighted by molar-refractivity contribution is 7.89. The first-order valence-corrected chi connectivity index (χ1v) is 17.1. The van der Waals surface area contributed by atoms with E-state index in [1.165, 1.54) is 37.8 Å². The monoisotopic (exact) mass is 574 g/mol. The molecule has 5 rings (SSSR count). The standard InChI is InChI=1S/C32H50N2O5S/c1-20(4-11-29(37)34-17-14-21-5-7-24(8-6-21)40(33,38)39)25-9-10-26-30-27(13-16-32(25,26)3)31(2)15-12-23(35)18-22(31)19-28(30)36/h5-8,20,22-23,25-28,30,35-36H,4,9-19H2,1-3H3,(H,34,37)(H2,33,38,39)/t20-,22+,23-,25-,26+,27+,28-,30+,31+,32-/m1/s1. The Bertz CT molecular complexity index is 1170. The topological polar surface area (TPSA) is 130 Å². The summed E-state index contributed by atoms with van der Waals surface area (Å²) in [5, 5.41) is 30.0. The second-order valence-electron chi connectivity index (χ2n) is 14.3. The van der Waals surface area contributed by atoms with Gasteiger partial charge in [-0.05, 0) is 128 Å². The van der Waals surface area contributed by atoms with Crippen LogP contribution in [0, 0.1) is 46.3 Å². The van der Waals surface area contributed by atoms with Crippen LogP contribution in [0.25, 0.3) is 0 Å². The van der Waals surface area contributed by atoms with E-state index in [-0.39, 0.29) is 33.8 Å². The fraction of sp³-hybridized carbons (Fsp3) is 0.781. The summed E-state index contributed by atoms with van der Waals surface area (Å²) in [7, 11) is -3.70. The summed E-state index contributed by atoms with van der Waals surface area (Å²) in [5.41, 5.74) is 1.42. The summed E-state index contributed by atoms with van der Waals surface area (Å²) in [4.78, 5) is 12.8. The molecular formula is C32H50N2O5S. The Morgan fingerprint density at radius 3 is 2.40 bits per heavy atom. The highest BCUT2D eigenvalue weighted by Crippen LogP contribution is 2.68. The lowest BCUT2D eigenvalue weighted by molar-refractivity contribution is -0.174. The van der Waals surface area contributed by atoms with Crippen molar-refractivity contribution in [2.24, 2.45) is 51.5 Å². The van der Waals surface area contributed by atoms with Crippen LogP contribution in [0.4, 0.5) is 0 Å². The molecule has 0 spiro atoms. The molecule has 1 aromatic carbocycles. The molecule has 0 saturated heterocycles. The minimum Gasteiger partial charge on any atom is -0.393 e. The van der Waals surface area contributed by atoms with Crippen LogP contribution in [0.5, 0.6) is 0 Å². The third-order valence-electron chi connectivity index (χ3n) is 12.2. The second-order valence-corrected chi connectivity index (χ2v) is 15.8. The number of hydrogen-bond acceptors (Lipinski definition) is 5. The van der Waals surface area contributed by atoms with Crippen molar-refractivity contribution in [3.63, 3.8) is 0 Å². The first-order chi connectivity index (χ1) is 18.8. The van der Waals surface area contributed by atoms with Gasteiger partial charge in [-0.3, -0.25) is 4.79 Å². The second kappa shape index (κ2) is 11.3. The zero-order valence-electron chi connectivity index (χ0n) is 24.5. The number of aliphatic hydroxyl groups excluding tert-OH is 2. The van der Waals surface area contributed by atoms with Gasteiger partial charge in [-0.15, -0.1) is 0 Å². The molecule has 7 nitrogen and oxygen atoms in total. The number of fused-ring (bicyclic) bond motifs is 5. The van der Waals surface area contributed by atoms with Gasteiger partial charge >= 0.3 is 0 Å². The molecule has 0 unspecified atom stereocenters. The van der Waals surface area contributed by atoms with Gasteiger partial charge in [0.05, 0.1) is 17.1 Å². The zero-order valence-corrected chi connectivity index (χ0v) is 25.3. The van der Waals surface area contributed by atoms with Crippen molar-refractivity contribution in [3.8, 4) is 0 Å². The summed E-state index contributed by atoms with van der Waals surface area (Å²) in [6.45, 7) is 7.78. The fourth-order valence-electron chi connectivity index (χ4n) is 10.0. The molecule has 224 valence electrons. The van der Waals surface area contributed by atoms with Gasteiger partial charge in [-0.25, -0.2) is 13.6 Å². The maximum atomic E-state index is 12.7. The van der Waals surface area contributed by atoms with Crippen LogP contribution in [0.2, 0.25) is 0 Å². The number of nitrogens with two attached hydrogens (primary N) is 1. The Morgan fingerprint density at radius 2 is 1.70 bits per heavy atom. The van der Waals surface area contributed by atoms with Crippen LogP contribution in [0.1, 0.15) is 90.5 Å². The molecule has 5 N–H and O–H groups in total. The van der Waals surface area contributed by atoms with Crippen LogP contribution in [-0.4, -0.2) is 43.3 Å². The number of nitrogens with one attached hydrogen (secondary N) is 1. The number of aliphatic hydroxyl groups is 2. The first-order valence-electron chi connectivity index (χ1n) is 15.6. The maximum Gasteiger partial charge on any atom is 0.238 e. The molecular weight excluding hydrogens is 524 g/mol.